The summed E-state index contributed by atoms with van der Waals surface area (Å²) >= 11 is 3.74. The van der Waals surface area contributed by atoms with Crippen molar-refractivity contribution >= 4 is 83.4 Å². The summed E-state index contributed by atoms with van der Waals surface area (Å²) in [7, 11) is 0. The molecule has 60 heavy (non-hydrogen) atoms. The van der Waals surface area contributed by atoms with Gasteiger partial charge in [0.15, 0.2) is 0 Å². The van der Waals surface area contributed by atoms with Crippen molar-refractivity contribution in [2.24, 2.45) is 0 Å². The summed E-state index contributed by atoms with van der Waals surface area (Å²) in [4.78, 5) is 10.0. The topological polar surface area (TPSA) is 6.48 Å². The summed E-state index contributed by atoms with van der Waals surface area (Å²) in [5.74, 6) is 0. The molecule has 1 aliphatic rings. The Kier molecular flexibility index (Phi) is 9.42. The molecule has 0 fully saturated rings. The number of hydrogen-bond acceptors (Lipinski definition) is 4. The Morgan fingerprint density at radius 3 is 1.53 bits per heavy atom. The van der Waals surface area contributed by atoms with Crippen LogP contribution in [0.15, 0.2) is 224 Å². The maximum Gasteiger partial charge on any atom is 0.0620 e. The van der Waals surface area contributed by atoms with E-state index in [2.05, 4.69) is 228 Å². The zero-order valence-electron chi connectivity index (χ0n) is 32.9. The minimum absolute atomic E-state index is 1.01. The standard InChI is InChI=1S/C56H40N2S2/c1-5-20-41(21-6-1)57(42-22-7-2-8-23-42)55-47-29-15-16-30-48(47)56(58(43-24-9-3-10-25-43)44-26-11-4-12-27-44)50-38-40(32-33-49(50)55)51-34-36-53(59-51)54-37-35-52(60-54)46-31-17-19-39-18-13-14-28-45(39)46/h1,3-7,9-38H,2,8H2. The highest BCUT2D eigenvalue weighted by atomic mass is 32.1. The number of benzene rings is 8. The van der Waals surface area contributed by atoms with Gasteiger partial charge in [0.2, 0.25) is 0 Å². The molecule has 0 radical (unpaired) electrons. The smallest absolute Gasteiger partial charge is 0.0620 e. The lowest BCUT2D eigenvalue weighted by Gasteiger charge is -2.33. The quantitative estimate of drug-likeness (QED) is 0.106. The second kappa shape index (κ2) is 15.6. The third kappa shape index (κ3) is 6.51. The first-order chi connectivity index (χ1) is 29.8. The van der Waals surface area contributed by atoms with E-state index in [0.29, 0.717) is 0 Å². The molecule has 2 heterocycles. The molecule has 0 N–H and O–H groups in total. The number of rotatable bonds is 9. The van der Waals surface area contributed by atoms with Crippen LogP contribution in [-0.2, 0) is 0 Å². The van der Waals surface area contributed by atoms with Gasteiger partial charge in [0, 0.05) is 63.8 Å². The molecular weight excluding hydrogens is 765 g/mol. The van der Waals surface area contributed by atoms with Gasteiger partial charge in [0.05, 0.1) is 11.4 Å². The second-order valence-corrected chi connectivity index (χ2v) is 17.3. The van der Waals surface area contributed by atoms with E-state index >= 15 is 0 Å². The number of nitrogens with zero attached hydrogens (tertiary/aromatic N) is 2. The van der Waals surface area contributed by atoms with E-state index in [0.717, 1.165) is 29.9 Å². The second-order valence-electron chi connectivity index (χ2n) is 15.1. The van der Waals surface area contributed by atoms with E-state index in [9.17, 15) is 0 Å². The lowest BCUT2D eigenvalue weighted by atomic mass is 9.93. The fraction of sp³-hybridized carbons (Fsp3) is 0.0357. The molecule has 10 aromatic rings. The molecule has 8 aromatic carbocycles. The van der Waals surface area contributed by atoms with Crippen LogP contribution in [0.25, 0.3) is 63.0 Å². The van der Waals surface area contributed by atoms with Crippen LogP contribution < -0.4 is 9.80 Å². The Morgan fingerprint density at radius 2 is 0.883 bits per heavy atom. The van der Waals surface area contributed by atoms with Crippen LogP contribution >= 0.6 is 22.7 Å². The number of fused-ring (bicyclic) bond motifs is 3. The highest BCUT2D eigenvalue weighted by Crippen LogP contribution is 2.52. The third-order valence-corrected chi connectivity index (χ3v) is 13.9. The van der Waals surface area contributed by atoms with Crippen molar-refractivity contribution in [3.63, 3.8) is 0 Å². The average Bonchev–Trinajstić information content (AvgIpc) is 4.02. The molecule has 11 rings (SSSR count). The van der Waals surface area contributed by atoms with Crippen molar-refractivity contribution < 1.29 is 0 Å². The molecule has 0 atom stereocenters. The van der Waals surface area contributed by atoms with Crippen LogP contribution in [-0.4, -0.2) is 0 Å². The van der Waals surface area contributed by atoms with Gasteiger partial charge >= 0.3 is 0 Å². The maximum atomic E-state index is 2.48. The zero-order valence-corrected chi connectivity index (χ0v) is 34.5. The maximum absolute atomic E-state index is 2.48. The van der Waals surface area contributed by atoms with Crippen LogP contribution in [0, 0.1) is 0 Å². The summed E-state index contributed by atoms with van der Waals surface area (Å²) in [5, 5.41) is 7.35. The largest absolute Gasteiger partial charge is 0.310 e. The van der Waals surface area contributed by atoms with E-state index in [4.69, 9.17) is 0 Å². The molecule has 0 saturated heterocycles. The fourth-order valence-corrected chi connectivity index (χ4v) is 10.9. The van der Waals surface area contributed by atoms with Crippen molar-refractivity contribution in [3.05, 3.63) is 224 Å². The van der Waals surface area contributed by atoms with Gasteiger partial charge in [-0.15, -0.1) is 22.7 Å². The van der Waals surface area contributed by atoms with Crippen molar-refractivity contribution in [1.29, 1.82) is 0 Å². The summed E-state index contributed by atoms with van der Waals surface area (Å²) in [6.45, 7) is 0. The summed E-state index contributed by atoms with van der Waals surface area (Å²) in [5.41, 5.74) is 9.41. The first-order valence-corrected chi connectivity index (χ1v) is 22.2. The monoisotopic (exact) mass is 804 g/mol. The molecular formula is C56H40N2S2. The van der Waals surface area contributed by atoms with E-state index < -0.39 is 0 Å². The predicted molar refractivity (Wildman–Crippen MR) is 261 cm³/mol. The molecule has 2 aromatic heterocycles. The van der Waals surface area contributed by atoms with Crippen LogP contribution in [0.3, 0.4) is 0 Å². The average molecular weight is 805 g/mol. The number of thiophene rings is 2. The molecule has 0 spiro atoms. The van der Waals surface area contributed by atoms with Crippen LogP contribution in [0.5, 0.6) is 0 Å². The molecule has 2 nitrogen and oxygen atoms in total. The Balaban J connectivity index is 1.14. The SMILES string of the molecule is C1=CC(N(c2ccccc2)c2c3ccccc3c(N(c3ccccc3)c3ccccc3)c3cc(-c4ccc(-c5ccc(-c6cccc7ccccc67)s5)s4)ccc23)=CCC1. The first kappa shape index (κ1) is 36.1. The van der Waals surface area contributed by atoms with Crippen LogP contribution in [0.1, 0.15) is 12.8 Å². The Labute approximate surface area is 358 Å². The number of anilines is 5. The van der Waals surface area contributed by atoms with Gasteiger partial charge in [-0.2, -0.15) is 0 Å². The lowest BCUT2D eigenvalue weighted by molar-refractivity contribution is 0.999. The zero-order chi connectivity index (χ0) is 39.8. The Bertz CT molecular complexity index is 3170. The minimum Gasteiger partial charge on any atom is -0.310 e. The molecule has 4 heteroatoms. The lowest BCUT2D eigenvalue weighted by Crippen LogP contribution is -2.18. The molecule has 0 amide bonds. The minimum atomic E-state index is 1.01. The van der Waals surface area contributed by atoms with Crippen molar-refractivity contribution in [3.8, 4) is 30.6 Å². The number of para-hydroxylation sites is 3. The normalized spacial score (nSPS) is 12.6. The highest BCUT2D eigenvalue weighted by Gasteiger charge is 2.26. The van der Waals surface area contributed by atoms with Gasteiger partial charge in [-0.3, -0.25) is 0 Å². The van der Waals surface area contributed by atoms with Crippen LogP contribution in [0.4, 0.5) is 28.4 Å². The van der Waals surface area contributed by atoms with E-state index in [1.807, 2.05) is 22.7 Å². The Hall–Kier alpha value is -6.98. The van der Waals surface area contributed by atoms with Gasteiger partial charge in [-0.25, -0.2) is 0 Å². The van der Waals surface area contributed by atoms with Gasteiger partial charge in [0.1, 0.15) is 0 Å². The Morgan fingerprint density at radius 1 is 0.367 bits per heavy atom. The van der Waals surface area contributed by atoms with E-state index in [-0.39, 0.29) is 0 Å². The summed E-state index contributed by atoms with van der Waals surface area (Å²) in [6.07, 6.45) is 9.06. The van der Waals surface area contributed by atoms with Crippen molar-refractivity contribution in [2.45, 2.75) is 12.8 Å². The van der Waals surface area contributed by atoms with E-state index in [1.54, 1.807) is 0 Å². The van der Waals surface area contributed by atoms with Gasteiger partial charge < -0.3 is 9.80 Å². The fourth-order valence-electron chi connectivity index (χ4n) is 8.76. The van der Waals surface area contributed by atoms with Crippen LogP contribution in [0.2, 0.25) is 0 Å². The van der Waals surface area contributed by atoms with Gasteiger partial charge in [0.25, 0.3) is 0 Å². The third-order valence-electron chi connectivity index (χ3n) is 11.5. The molecule has 0 unspecified atom stereocenters. The number of allylic oxidation sites excluding steroid dienone is 3. The summed E-state index contributed by atoms with van der Waals surface area (Å²) < 4.78 is 0. The molecule has 0 aliphatic heterocycles. The molecule has 286 valence electrons. The predicted octanol–water partition coefficient (Wildman–Crippen LogP) is 17.1. The molecule has 0 saturated carbocycles. The van der Waals surface area contributed by atoms with Crippen molar-refractivity contribution in [1.82, 2.24) is 0 Å². The van der Waals surface area contributed by atoms with Gasteiger partial charge in [-0.05, 0) is 108 Å². The van der Waals surface area contributed by atoms with E-state index in [1.165, 1.54) is 80.0 Å². The molecule has 0 bridgehead atoms. The van der Waals surface area contributed by atoms with Crippen molar-refractivity contribution in [2.75, 3.05) is 9.80 Å². The van der Waals surface area contributed by atoms with Gasteiger partial charge in [-0.1, -0.05) is 146 Å². The number of hydrogen-bond donors (Lipinski definition) is 0. The highest BCUT2D eigenvalue weighted by molar-refractivity contribution is 7.25. The summed E-state index contributed by atoms with van der Waals surface area (Å²) in [6, 6.07) is 73.1. The first-order valence-electron chi connectivity index (χ1n) is 20.6. The molecule has 1 aliphatic carbocycles.